The molecule has 0 aliphatic heterocycles. The largest absolute Gasteiger partial charge is 0.0622 e. The predicted molar refractivity (Wildman–Crippen MR) is 187 cm³/mol. The van der Waals surface area contributed by atoms with Gasteiger partial charge < -0.3 is 0 Å². The summed E-state index contributed by atoms with van der Waals surface area (Å²) in [5.74, 6) is 0. The summed E-state index contributed by atoms with van der Waals surface area (Å²) < 4.78 is 0. The highest BCUT2D eigenvalue weighted by Gasteiger charge is 2.40. The number of hydrogen-bond donors (Lipinski definition) is 0. The van der Waals surface area contributed by atoms with Crippen LogP contribution in [-0.2, 0) is 10.8 Å². The molecule has 7 aromatic rings. The fourth-order valence-electron chi connectivity index (χ4n) is 8.68. The predicted octanol–water partition coefficient (Wildman–Crippen LogP) is 11.9. The number of rotatable bonds is 2. The molecule has 0 heteroatoms. The Balaban J connectivity index is 1.58. The Morgan fingerprint density at radius 2 is 0.841 bits per heavy atom. The van der Waals surface area contributed by atoms with Gasteiger partial charge in [-0.05, 0) is 88.3 Å². The topological polar surface area (TPSA) is 0 Å². The molecular formula is C44H34. The molecular weight excluding hydrogens is 528 g/mol. The van der Waals surface area contributed by atoms with E-state index in [1.807, 2.05) is 0 Å². The molecule has 210 valence electrons. The maximum Gasteiger partial charge on any atom is 0.0165 e. The zero-order chi connectivity index (χ0) is 29.8. The molecule has 2 aliphatic carbocycles. The van der Waals surface area contributed by atoms with Crippen molar-refractivity contribution in [2.45, 2.75) is 38.5 Å². The zero-order valence-electron chi connectivity index (χ0n) is 25.7. The van der Waals surface area contributed by atoms with Crippen molar-refractivity contribution in [3.8, 4) is 44.5 Å². The number of benzene rings is 7. The third kappa shape index (κ3) is 3.18. The molecule has 0 heterocycles. The first-order valence-electron chi connectivity index (χ1n) is 15.8. The van der Waals surface area contributed by atoms with E-state index in [4.69, 9.17) is 0 Å². The SMILES string of the molecule is CC1(C)c2ccccc2-c2c1ccc1c(-c3ccccc3)c3c4c(ccc3c(-c3ccccc3)c21)-c1ccccc1C4(C)C. The van der Waals surface area contributed by atoms with Gasteiger partial charge in [-0.2, -0.15) is 0 Å². The van der Waals surface area contributed by atoms with Crippen molar-refractivity contribution in [1.82, 2.24) is 0 Å². The van der Waals surface area contributed by atoms with Crippen LogP contribution < -0.4 is 0 Å². The van der Waals surface area contributed by atoms with Gasteiger partial charge in [0.15, 0.2) is 0 Å². The molecule has 9 rings (SSSR count). The average molecular weight is 563 g/mol. The van der Waals surface area contributed by atoms with E-state index in [1.165, 1.54) is 88.3 Å². The molecule has 0 spiro atoms. The standard InChI is InChI=1S/C44H34/c1-43(2)35-22-14-12-20-31(35)39-36(43)26-25-32-38(28-17-9-6-10-18-28)41-33(37(40(32)39)27-15-7-5-8-16-27)24-23-30-29-19-11-13-21-34(29)44(3,4)42(30)41/h5-26H,1-4H3. The minimum atomic E-state index is -0.137. The molecule has 0 saturated heterocycles. The smallest absolute Gasteiger partial charge is 0.0165 e. The Bertz CT molecular complexity index is 2300. The minimum absolute atomic E-state index is 0.0719. The van der Waals surface area contributed by atoms with Crippen LogP contribution in [0.3, 0.4) is 0 Å². The normalized spacial score (nSPS) is 15.2. The fraction of sp³-hybridized carbons (Fsp3) is 0.136. The van der Waals surface area contributed by atoms with E-state index < -0.39 is 0 Å². The molecule has 0 nitrogen and oxygen atoms in total. The van der Waals surface area contributed by atoms with E-state index in [2.05, 4.69) is 161 Å². The molecule has 0 saturated carbocycles. The van der Waals surface area contributed by atoms with Gasteiger partial charge in [-0.3, -0.25) is 0 Å². The first kappa shape index (κ1) is 25.5. The van der Waals surface area contributed by atoms with Gasteiger partial charge in [0.25, 0.3) is 0 Å². The fourth-order valence-corrected chi connectivity index (χ4v) is 8.68. The lowest BCUT2D eigenvalue weighted by Gasteiger charge is -2.28. The van der Waals surface area contributed by atoms with Crippen molar-refractivity contribution in [2.75, 3.05) is 0 Å². The molecule has 0 fully saturated rings. The average Bonchev–Trinajstić information content (AvgIpc) is 3.44. The second-order valence-electron chi connectivity index (χ2n) is 13.6. The van der Waals surface area contributed by atoms with Crippen molar-refractivity contribution in [2.24, 2.45) is 0 Å². The summed E-state index contributed by atoms with van der Waals surface area (Å²) in [4.78, 5) is 0. The van der Waals surface area contributed by atoms with Crippen LogP contribution in [-0.4, -0.2) is 0 Å². The van der Waals surface area contributed by atoms with Crippen molar-refractivity contribution in [3.05, 3.63) is 156 Å². The third-order valence-corrected chi connectivity index (χ3v) is 10.6. The summed E-state index contributed by atoms with van der Waals surface area (Å²) in [6.45, 7) is 9.61. The van der Waals surface area contributed by atoms with Gasteiger partial charge in [-0.15, -0.1) is 0 Å². The quantitative estimate of drug-likeness (QED) is 0.184. The van der Waals surface area contributed by atoms with E-state index in [0.29, 0.717) is 0 Å². The monoisotopic (exact) mass is 562 g/mol. The zero-order valence-corrected chi connectivity index (χ0v) is 25.7. The van der Waals surface area contributed by atoms with Gasteiger partial charge in [0.2, 0.25) is 0 Å². The van der Waals surface area contributed by atoms with Gasteiger partial charge in [0.1, 0.15) is 0 Å². The highest BCUT2D eigenvalue weighted by Crippen LogP contribution is 2.59. The molecule has 44 heavy (non-hydrogen) atoms. The van der Waals surface area contributed by atoms with Gasteiger partial charge in [0.05, 0.1) is 0 Å². The Morgan fingerprint density at radius 3 is 1.50 bits per heavy atom. The highest BCUT2D eigenvalue weighted by atomic mass is 14.4. The first-order chi connectivity index (χ1) is 21.4. The van der Waals surface area contributed by atoms with Crippen LogP contribution >= 0.6 is 0 Å². The number of hydrogen-bond acceptors (Lipinski definition) is 0. The Labute approximate surface area is 259 Å². The summed E-state index contributed by atoms with van der Waals surface area (Å²) in [6, 6.07) is 50.0. The van der Waals surface area contributed by atoms with Crippen LogP contribution in [0.5, 0.6) is 0 Å². The van der Waals surface area contributed by atoms with Gasteiger partial charge in [-0.25, -0.2) is 0 Å². The summed E-state index contributed by atoms with van der Waals surface area (Å²) in [6.07, 6.45) is 0. The van der Waals surface area contributed by atoms with E-state index in [-0.39, 0.29) is 10.8 Å². The van der Waals surface area contributed by atoms with Gasteiger partial charge in [-0.1, -0.05) is 161 Å². The molecule has 0 aromatic heterocycles. The van der Waals surface area contributed by atoms with Crippen LogP contribution in [0.15, 0.2) is 133 Å². The summed E-state index contributed by atoms with van der Waals surface area (Å²) in [7, 11) is 0. The molecule has 0 N–H and O–H groups in total. The molecule has 0 atom stereocenters. The van der Waals surface area contributed by atoms with Crippen LogP contribution in [0, 0.1) is 0 Å². The second kappa shape index (κ2) is 8.80. The Morgan fingerprint density at radius 1 is 0.341 bits per heavy atom. The lowest BCUT2D eigenvalue weighted by Crippen LogP contribution is -2.16. The number of fused-ring (bicyclic) bond motifs is 10. The summed E-state index contributed by atoms with van der Waals surface area (Å²) >= 11 is 0. The summed E-state index contributed by atoms with van der Waals surface area (Å²) in [5, 5.41) is 5.41. The maximum absolute atomic E-state index is 2.44. The van der Waals surface area contributed by atoms with E-state index in [9.17, 15) is 0 Å². The van der Waals surface area contributed by atoms with Crippen LogP contribution in [0.4, 0.5) is 0 Å². The molecule has 7 aromatic carbocycles. The first-order valence-corrected chi connectivity index (χ1v) is 15.8. The van der Waals surface area contributed by atoms with Crippen molar-refractivity contribution >= 4 is 21.5 Å². The minimum Gasteiger partial charge on any atom is -0.0622 e. The van der Waals surface area contributed by atoms with Crippen LogP contribution in [0.1, 0.15) is 49.9 Å². The molecule has 0 amide bonds. The lowest BCUT2D eigenvalue weighted by molar-refractivity contribution is 0.661. The third-order valence-electron chi connectivity index (χ3n) is 10.6. The van der Waals surface area contributed by atoms with E-state index >= 15 is 0 Å². The molecule has 0 bridgehead atoms. The molecule has 0 radical (unpaired) electrons. The van der Waals surface area contributed by atoms with Crippen molar-refractivity contribution < 1.29 is 0 Å². The van der Waals surface area contributed by atoms with Crippen LogP contribution in [0.2, 0.25) is 0 Å². The Kier molecular flexibility index (Phi) is 5.11. The van der Waals surface area contributed by atoms with Crippen LogP contribution in [0.25, 0.3) is 66.1 Å². The van der Waals surface area contributed by atoms with E-state index in [1.54, 1.807) is 0 Å². The lowest BCUT2D eigenvalue weighted by atomic mass is 9.75. The molecule has 0 unspecified atom stereocenters. The summed E-state index contributed by atoms with van der Waals surface area (Å²) in [5.41, 5.74) is 16.2. The Hall–Kier alpha value is -4.94. The van der Waals surface area contributed by atoms with Crippen molar-refractivity contribution in [3.63, 3.8) is 0 Å². The molecule has 2 aliphatic rings. The van der Waals surface area contributed by atoms with Crippen molar-refractivity contribution in [1.29, 1.82) is 0 Å². The van der Waals surface area contributed by atoms with Gasteiger partial charge in [0, 0.05) is 10.8 Å². The maximum atomic E-state index is 2.44. The highest BCUT2D eigenvalue weighted by molar-refractivity contribution is 6.27. The second-order valence-corrected chi connectivity index (χ2v) is 13.6. The van der Waals surface area contributed by atoms with E-state index in [0.717, 1.165) is 0 Å². The van der Waals surface area contributed by atoms with Gasteiger partial charge >= 0.3 is 0 Å².